The van der Waals surface area contributed by atoms with Crippen LogP contribution in [0, 0.1) is 0 Å². The molecule has 1 amide bonds. The van der Waals surface area contributed by atoms with Crippen LogP contribution < -0.4 is 9.67 Å². The van der Waals surface area contributed by atoms with Crippen LogP contribution in [0.25, 0.3) is 11.0 Å². The van der Waals surface area contributed by atoms with Gasteiger partial charge in [0.25, 0.3) is 11.7 Å². The first-order valence-electron chi connectivity index (χ1n) is 13.0. The normalized spacial score (nSPS) is 11.7. The highest BCUT2D eigenvalue weighted by Crippen LogP contribution is 2.26. The van der Waals surface area contributed by atoms with Gasteiger partial charge in [0.05, 0.1) is 44.7 Å². The standard InChI is InChI=1S/C25H39BrN3O5.C2HF3O2/c1-8-28-20-17-18(26)16-19(24(31)27(12-14-32-6)13-15-33-7)23(20)29(9-2)21(28)10-11-22(30)34-25(3,4)5;3-2(4,5)1(6)7/h16-17H,8-15H2,1-7H3;(H,6,7)/q+1;/p-1. The molecule has 41 heavy (non-hydrogen) atoms. The van der Waals surface area contributed by atoms with E-state index in [9.17, 15) is 22.8 Å². The topological polar surface area (TPSA) is 114 Å². The Morgan fingerprint density at radius 3 is 2.00 bits per heavy atom. The summed E-state index contributed by atoms with van der Waals surface area (Å²) in [6.07, 6.45) is -4.40. The zero-order chi connectivity index (χ0) is 31.5. The highest BCUT2D eigenvalue weighted by Gasteiger charge is 2.31. The fraction of sp³-hybridized carbons (Fsp3) is 0.630. The number of benzene rings is 1. The van der Waals surface area contributed by atoms with Crippen molar-refractivity contribution in [3.63, 3.8) is 0 Å². The lowest BCUT2D eigenvalue weighted by molar-refractivity contribution is -0.676. The predicted molar refractivity (Wildman–Crippen MR) is 146 cm³/mol. The van der Waals surface area contributed by atoms with E-state index < -0.39 is 17.7 Å². The quantitative estimate of drug-likeness (QED) is 0.256. The number of carbonyl (C=O) groups is 3. The summed E-state index contributed by atoms with van der Waals surface area (Å²) < 4.78 is 52.7. The first-order chi connectivity index (χ1) is 19.0. The maximum atomic E-state index is 13.7. The molecule has 0 saturated heterocycles. The number of carboxylic acids is 1. The fourth-order valence-electron chi connectivity index (χ4n) is 4.11. The first-order valence-corrected chi connectivity index (χ1v) is 13.8. The van der Waals surface area contributed by atoms with Crippen molar-refractivity contribution in [3.8, 4) is 0 Å². The molecule has 0 unspecified atom stereocenters. The number of hydrogen-bond acceptors (Lipinski definition) is 7. The van der Waals surface area contributed by atoms with E-state index in [1.165, 1.54) is 0 Å². The van der Waals surface area contributed by atoms with Crippen molar-refractivity contribution in [2.75, 3.05) is 40.5 Å². The lowest BCUT2D eigenvalue weighted by atomic mass is 10.1. The number of ether oxygens (including phenoxy) is 3. The van der Waals surface area contributed by atoms with Crippen LogP contribution in [-0.4, -0.2) is 79.6 Å². The Morgan fingerprint density at radius 1 is 1.05 bits per heavy atom. The van der Waals surface area contributed by atoms with Gasteiger partial charge in [0.1, 0.15) is 11.6 Å². The van der Waals surface area contributed by atoms with Crippen LogP contribution in [0.4, 0.5) is 13.2 Å². The molecular formula is C27H39BrF3N3O7. The number of alkyl halides is 3. The van der Waals surface area contributed by atoms with Gasteiger partial charge in [-0.05, 0) is 40.7 Å². The monoisotopic (exact) mass is 653 g/mol. The largest absolute Gasteiger partial charge is 0.542 e. The Kier molecular flexibility index (Phi) is 14.2. The maximum Gasteiger partial charge on any atom is 0.430 e. The van der Waals surface area contributed by atoms with Crippen LogP contribution in [0.15, 0.2) is 16.6 Å². The van der Waals surface area contributed by atoms with Gasteiger partial charge < -0.3 is 29.0 Å². The zero-order valence-electron chi connectivity index (χ0n) is 24.5. The Bertz CT molecular complexity index is 1190. The van der Waals surface area contributed by atoms with E-state index in [1.807, 2.05) is 32.9 Å². The molecule has 0 aliphatic carbocycles. The van der Waals surface area contributed by atoms with Gasteiger partial charge in [-0.25, -0.2) is 9.13 Å². The Labute approximate surface area is 246 Å². The minimum atomic E-state index is -5.19. The molecule has 1 heterocycles. The SMILES string of the molecule is CCn1c(CCC(=O)OC(C)(C)C)[n+](CC)c2c(C(=O)N(CCOC)CCOC)cc(Br)cc21.O=C([O-])C(F)(F)F. The summed E-state index contributed by atoms with van der Waals surface area (Å²) in [5.41, 5.74) is 1.92. The molecule has 0 radical (unpaired) electrons. The van der Waals surface area contributed by atoms with Crippen molar-refractivity contribution in [2.45, 2.75) is 72.3 Å². The molecule has 0 atom stereocenters. The highest BCUT2D eigenvalue weighted by atomic mass is 79.9. The second-order valence-corrected chi connectivity index (χ2v) is 10.8. The number of nitrogens with zero attached hydrogens (tertiary/aromatic N) is 3. The third-order valence-electron chi connectivity index (χ3n) is 5.72. The van der Waals surface area contributed by atoms with Crippen molar-refractivity contribution in [1.82, 2.24) is 9.47 Å². The summed E-state index contributed by atoms with van der Waals surface area (Å²) in [6, 6.07) is 3.91. The highest BCUT2D eigenvalue weighted by molar-refractivity contribution is 9.10. The number of amides is 1. The summed E-state index contributed by atoms with van der Waals surface area (Å²) in [7, 11) is 3.25. The summed E-state index contributed by atoms with van der Waals surface area (Å²) in [6.45, 7) is 13.0. The molecule has 0 spiro atoms. The Hall–Kier alpha value is -2.71. The fourth-order valence-corrected chi connectivity index (χ4v) is 4.55. The number of aromatic nitrogens is 2. The third-order valence-corrected chi connectivity index (χ3v) is 6.18. The molecule has 2 rings (SSSR count). The average molecular weight is 655 g/mol. The van der Waals surface area contributed by atoms with Gasteiger partial charge in [0, 0.05) is 37.8 Å². The van der Waals surface area contributed by atoms with Gasteiger partial charge in [-0.3, -0.25) is 9.59 Å². The number of carbonyl (C=O) groups excluding carboxylic acids is 3. The number of carboxylic acid groups (broad SMARTS) is 1. The van der Waals surface area contributed by atoms with Gasteiger partial charge >= 0.3 is 12.1 Å². The molecule has 1 aromatic heterocycles. The second-order valence-electron chi connectivity index (χ2n) is 9.88. The number of halogens is 4. The van der Waals surface area contributed by atoms with Crippen molar-refractivity contribution in [3.05, 3.63) is 28.0 Å². The van der Waals surface area contributed by atoms with Crippen LogP contribution in [0.2, 0.25) is 0 Å². The van der Waals surface area contributed by atoms with Crippen LogP contribution in [0.1, 0.15) is 57.2 Å². The van der Waals surface area contributed by atoms with Crippen molar-refractivity contribution in [2.24, 2.45) is 0 Å². The van der Waals surface area contributed by atoms with Gasteiger partial charge in [-0.15, -0.1) is 0 Å². The summed E-state index contributed by atoms with van der Waals surface area (Å²) >= 11 is 3.60. The van der Waals surface area contributed by atoms with E-state index in [1.54, 1.807) is 19.1 Å². The Balaban J connectivity index is 0.00000106. The summed E-state index contributed by atoms with van der Waals surface area (Å²) in [4.78, 5) is 36.7. The molecule has 0 fully saturated rings. The number of rotatable bonds is 12. The smallest absolute Gasteiger partial charge is 0.430 e. The predicted octanol–water partition coefficient (Wildman–Crippen LogP) is 3.04. The number of esters is 1. The van der Waals surface area contributed by atoms with Gasteiger partial charge in [-0.1, -0.05) is 15.9 Å². The number of imidazole rings is 1. The number of methoxy groups -OCH3 is 2. The van der Waals surface area contributed by atoms with Gasteiger partial charge in [0.2, 0.25) is 0 Å². The van der Waals surface area contributed by atoms with E-state index >= 15 is 0 Å². The van der Waals surface area contributed by atoms with Crippen LogP contribution in [-0.2, 0) is 43.3 Å². The van der Waals surface area contributed by atoms with E-state index in [0.29, 0.717) is 51.4 Å². The van der Waals surface area contributed by atoms with E-state index in [2.05, 4.69) is 38.9 Å². The Morgan fingerprint density at radius 2 is 1.59 bits per heavy atom. The molecule has 0 aliphatic heterocycles. The molecule has 14 heteroatoms. The molecule has 2 aromatic rings. The van der Waals surface area contributed by atoms with Gasteiger partial charge in [-0.2, -0.15) is 13.2 Å². The molecule has 0 saturated carbocycles. The van der Waals surface area contributed by atoms with Crippen LogP contribution >= 0.6 is 15.9 Å². The first kappa shape index (κ1) is 36.3. The van der Waals surface area contributed by atoms with Gasteiger partial charge in [0.15, 0.2) is 11.0 Å². The van der Waals surface area contributed by atoms with E-state index in [4.69, 9.17) is 24.1 Å². The van der Waals surface area contributed by atoms with Crippen molar-refractivity contribution in [1.29, 1.82) is 0 Å². The zero-order valence-corrected chi connectivity index (χ0v) is 26.1. The lowest BCUT2D eigenvalue weighted by Crippen LogP contribution is -2.41. The van der Waals surface area contributed by atoms with Crippen molar-refractivity contribution >= 4 is 44.8 Å². The number of aliphatic carboxylic acids is 1. The average Bonchev–Trinajstić information content (AvgIpc) is 3.17. The molecule has 232 valence electrons. The van der Waals surface area contributed by atoms with E-state index in [-0.39, 0.29) is 18.3 Å². The lowest BCUT2D eigenvalue weighted by Gasteiger charge is -2.22. The molecule has 0 bridgehead atoms. The minimum absolute atomic E-state index is 0.0745. The second kappa shape index (κ2) is 16.1. The molecule has 0 N–H and O–H groups in total. The van der Waals surface area contributed by atoms with Crippen LogP contribution in [0.3, 0.4) is 0 Å². The van der Waals surface area contributed by atoms with Crippen LogP contribution in [0.5, 0.6) is 0 Å². The van der Waals surface area contributed by atoms with E-state index in [0.717, 1.165) is 21.3 Å². The molecule has 10 nitrogen and oxygen atoms in total. The number of hydrogen-bond donors (Lipinski definition) is 0. The number of fused-ring (bicyclic) bond motifs is 1. The third kappa shape index (κ3) is 10.9. The minimum Gasteiger partial charge on any atom is -0.542 e. The molecule has 1 aromatic carbocycles. The maximum absolute atomic E-state index is 13.7. The van der Waals surface area contributed by atoms with Crippen molar-refractivity contribution < 1.29 is 51.4 Å². The summed E-state index contributed by atoms with van der Waals surface area (Å²) in [5, 5.41) is 8.78. The molecule has 0 aliphatic rings. The number of aryl methyl sites for hydroxylation is 2. The summed E-state index contributed by atoms with van der Waals surface area (Å²) in [5.74, 6) is -2.31. The molecular weight excluding hydrogens is 615 g/mol.